The van der Waals surface area contributed by atoms with Crippen LogP contribution in [0.3, 0.4) is 0 Å². The van der Waals surface area contributed by atoms with Crippen molar-refractivity contribution in [1.82, 2.24) is 19.5 Å². The Kier molecular flexibility index (Phi) is 5.77. The lowest BCUT2D eigenvalue weighted by atomic mass is 10.1. The SMILES string of the molecule is N#Cc1cc(-n2c3ccccc3c3cc4c(cc32)oc2ccccc24)ccc1-c1nc(-c2ccccc2)nc(-c2ccccc2)n1. The average Bonchev–Trinajstić information content (AvgIpc) is 3.65. The largest absolute Gasteiger partial charge is 0.456 e. The molecule has 214 valence electrons. The van der Waals surface area contributed by atoms with Gasteiger partial charge in [0.15, 0.2) is 17.5 Å². The Morgan fingerprint density at radius 3 is 1.85 bits per heavy atom. The highest BCUT2D eigenvalue weighted by molar-refractivity contribution is 6.17. The number of hydrogen-bond acceptors (Lipinski definition) is 5. The molecule has 6 heteroatoms. The molecule has 0 aliphatic heterocycles. The number of nitriles is 1. The van der Waals surface area contributed by atoms with E-state index in [0.29, 0.717) is 28.6 Å². The second-order valence-electron chi connectivity index (χ2n) is 11.2. The first kappa shape index (κ1) is 25.9. The molecule has 0 aliphatic carbocycles. The summed E-state index contributed by atoms with van der Waals surface area (Å²) in [5.41, 5.74) is 7.46. The summed E-state index contributed by atoms with van der Waals surface area (Å²) < 4.78 is 8.47. The van der Waals surface area contributed by atoms with Gasteiger partial charge in [0.2, 0.25) is 0 Å². The molecule has 46 heavy (non-hydrogen) atoms. The Labute approximate surface area is 263 Å². The van der Waals surface area contributed by atoms with Gasteiger partial charge in [-0.3, -0.25) is 0 Å². The van der Waals surface area contributed by atoms with E-state index in [1.807, 2.05) is 103 Å². The van der Waals surface area contributed by atoms with Crippen molar-refractivity contribution < 1.29 is 4.42 Å². The highest BCUT2D eigenvalue weighted by atomic mass is 16.3. The molecule has 0 atom stereocenters. The fourth-order valence-electron chi connectivity index (χ4n) is 6.35. The second-order valence-corrected chi connectivity index (χ2v) is 11.2. The molecule has 0 radical (unpaired) electrons. The van der Waals surface area contributed by atoms with Crippen molar-refractivity contribution in [2.24, 2.45) is 0 Å². The van der Waals surface area contributed by atoms with Crippen molar-refractivity contribution in [2.75, 3.05) is 0 Å². The van der Waals surface area contributed by atoms with Crippen LogP contribution in [-0.4, -0.2) is 19.5 Å². The lowest BCUT2D eigenvalue weighted by Crippen LogP contribution is -2.02. The quantitative estimate of drug-likeness (QED) is 0.204. The first-order valence-corrected chi connectivity index (χ1v) is 15.0. The van der Waals surface area contributed by atoms with Crippen LogP contribution in [0.2, 0.25) is 0 Å². The molecule has 0 saturated carbocycles. The zero-order chi connectivity index (χ0) is 30.6. The highest BCUT2D eigenvalue weighted by Crippen LogP contribution is 2.39. The second kappa shape index (κ2) is 10.3. The molecule has 0 aliphatic rings. The molecule has 3 aromatic heterocycles. The van der Waals surface area contributed by atoms with Gasteiger partial charge in [0.05, 0.1) is 22.7 Å². The molecule has 0 bridgehead atoms. The van der Waals surface area contributed by atoms with Crippen LogP contribution in [0.15, 0.2) is 144 Å². The topological polar surface area (TPSA) is 80.5 Å². The van der Waals surface area contributed by atoms with Crippen LogP contribution in [0.5, 0.6) is 0 Å². The van der Waals surface area contributed by atoms with Gasteiger partial charge in [-0.1, -0.05) is 97.1 Å². The Morgan fingerprint density at radius 2 is 1.13 bits per heavy atom. The van der Waals surface area contributed by atoms with Crippen molar-refractivity contribution in [1.29, 1.82) is 5.26 Å². The number of aromatic nitrogens is 4. The average molecular weight is 590 g/mol. The van der Waals surface area contributed by atoms with Crippen LogP contribution < -0.4 is 0 Å². The zero-order valence-electron chi connectivity index (χ0n) is 24.4. The minimum atomic E-state index is 0.446. The van der Waals surface area contributed by atoms with Crippen LogP contribution in [0.4, 0.5) is 0 Å². The minimum Gasteiger partial charge on any atom is -0.456 e. The van der Waals surface area contributed by atoms with Gasteiger partial charge >= 0.3 is 0 Å². The van der Waals surface area contributed by atoms with E-state index in [2.05, 4.69) is 47.0 Å². The van der Waals surface area contributed by atoms with E-state index in [4.69, 9.17) is 19.4 Å². The van der Waals surface area contributed by atoms with Gasteiger partial charge in [-0.15, -0.1) is 0 Å². The van der Waals surface area contributed by atoms with E-state index in [-0.39, 0.29) is 0 Å². The molecule has 0 N–H and O–H groups in total. The van der Waals surface area contributed by atoms with Gasteiger partial charge in [0.25, 0.3) is 0 Å². The van der Waals surface area contributed by atoms with Crippen LogP contribution in [0.25, 0.3) is 83.6 Å². The van der Waals surface area contributed by atoms with E-state index < -0.39 is 0 Å². The van der Waals surface area contributed by atoms with Gasteiger partial charge in [0.1, 0.15) is 11.2 Å². The lowest BCUT2D eigenvalue weighted by molar-refractivity contribution is 0.669. The zero-order valence-corrected chi connectivity index (χ0v) is 24.4. The highest BCUT2D eigenvalue weighted by Gasteiger charge is 2.19. The van der Waals surface area contributed by atoms with Crippen molar-refractivity contribution >= 4 is 43.7 Å². The molecular weight excluding hydrogens is 566 g/mol. The van der Waals surface area contributed by atoms with Crippen LogP contribution >= 0.6 is 0 Å². The number of hydrogen-bond donors (Lipinski definition) is 0. The standard InChI is InChI=1S/C40H23N5O/c41-24-27-21-28(19-20-29(27)40-43-38(25-11-3-1-4-12-25)42-39(44-40)26-13-5-2-6-14-26)45-34-17-9-7-15-30(34)32-22-33-31-16-8-10-18-36(31)46-37(33)23-35(32)45/h1-23H. The van der Waals surface area contributed by atoms with Crippen LogP contribution in [0, 0.1) is 11.3 Å². The maximum Gasteiger partial charge on any atom is 0.165 e. The summed E-state index contributed by atoms with van der Waals surface area (Å²) in [6.07, 6.45) is 0. The molecule has 0 amide bonds. The number of rotatable bonds is 4. The molecule has 0 fully saturated rings. The van der Waals surface area contributed by atoms with Crippen LogP contribution in [0.1, 0.15) is 5.56 Å². The molecule has 6 nitrogen and oxygen atoms in total. The first-order chi connectivity index (χ1) is 22.7. The van der Waals surface area contributed by atoms with Crippen LogP contribution in [-0.2, 0) is 0 Å². The predicted molar refractivity (Wildman–Crippen MR) is 182 cm³/mol. The summed E-state index contributed by atoms with van der Waals surface area (Å²) in [5.74, 6) is 1.55. The summed E-state index contributed by atoms with van der Waals surface area (Å²) in [7, 11) is 0. The third-order valence-corrected chi connectivity index (χ3v) is 8.49. The summed E-state index contributed by atoms with van der Waals surface area (Å²) in [4.78, 5) is 14.5. The van der Waals surface area contributed by atoms with Gasteiger partial charge < -0.3 is 8.98 Å². The summed E-state index contributed by atoms with van der Waals surface area (Å²) in [6, 6.07) is 48.8. The fourth-order valence-corrected chi connectivity index (χ4v) is 6.35. The molecule has 3 heterocycles. The summed E-state index contributed by atoms with van der Waals surface area (Å²) in [6.45, 7) is 0. The normalized spacial score (nSPS) is 11.5. The van der Waals surface area contributed by atoms with E-state index >= 15 is 0 Å². The summed E-state index contributed by atoms with van der Waals surface area (Å²) in [5, 5.41) is 14.9. The number of fused-ring (bicyclic) bond motifs is 6. The van der Waals surface area contributed by atoms with Crippen molar-refractivity contribution in [3.8, 4) is 45.9 Å². The molecule has 0 unspecified atom stereocenters. The Morgan fingerprint density at radius 1 is 0.500 bits per heavy atom. The Hall–Kier alpha value is -6.58. The van der Waals surface area contributed by atoms with Gasteiger partial charge in [-0.25, -0.2) is 15.0 Å². The van der Waals surface area contributed by atoms with Crippen molar-refractivity contribution in [3.05, 3.63) is 145 Å². The smallest absolute Gasteiger partial charge is 0.165 e. The Bertz CT molecular complexity index is 2590. The third kappa shape index (κ3) is 4.07. The predicted octanol–water partition coefficient (Wildman–Crippen LogP) is 9.74. The van der Waals surface area contributed by atoms with Crippen molar-refractivity contribution in [2.45, 2.75) is 0 Å². The fraction of sp³-hybridized carbons (Fsp3) is 0. The van der Waals surface area contributed by atoms with E-state index in [9.17, 15) is 5.26 Å². The minimum absolute atomic E-state index is 0.446. The van der Waals surface area contributed by atoms with E-state index in [0.717, 1.165) is 60.6 Å². The number of furan rings is 1. The molecule has 9 aromatic rings. The molecular formula is C40H23N5O. The van der Waals surface area contributed by atoms with Gasteiger partial charge in [0, 0.05) is 50.0 Å². The van der Waals surface area contributed by atoms with Gasteiger partial charge in [-0.2, -0.15) is 5.26 Å². The molecule has 0 spiro atoms. The van der Waals surface area contributed by atoms with Gasteiger partial charge in [-0.05, 0) is 36.4 Å². The number of benzene rings is 6. The number of nitrogens with zero attached hydrogens (tertiary/aromatic N) is 5. The summed E-state index contributed by atoms with van der Waals surface area (Å²) >= 11 is 0. The monoisotopic (exact) mass is 589 g/mol. The van der Waals surface area contributed by atoms with Crippen molar-refractivity contribution in [3.63, 3.8) is 0 Å². The molecule has 6 aromatic carbocycles. The lowest BCUT2D eigenvalue weighted by Gasteiger charge is -2.12. The Balaban J connectivity index is 1.25. The first-order valence-electron chi connectivity index (χ1n) is 15.0. The third-order valence-electron chi connectivity index (χ3n) is 8.49. The van der Waals surface area contributed by atoms with E-state index in [1.165, 1.54) is 0 Å². The number of para-hydroxylation sites is 2. The van der Waals surface area contributed by atoms with E-state index in [1.54, 1.807) is 0 Å². The molecule has 9 rings (SSSR count). The maximum absolute atomic E-state index is 10.5. The maximum atomic E-state index is 10.5. The molecule has 0 saturated heterocycles.